The molecule has 2 aliphatic heterocycles. The molecule has 0 bridgehead atoms. The lowest BCUT2D eigenvalue weighted by molar-refractivity contribution is 0.0653. The number of halogens is 1. The Bertz CT molecular complexity index is 963. The summed E-state index contributed by atoms with van der Waals surface area (Å²) in [7, 11) is -3.43. The van der Waals surface area contributed by atoms with E-state index in [4.69, 9.17) is 16.1 Å². The maximum atomic E-state index is 12.7. The SMILES string of the molecule is O=C(c1cc(-c2ccccc2Cl)no1)N1CCN(S(=O)(=O)N2CCCC2)CC1. The molecular formula is C18H21ClN4O4S. The summed E-state index contributed by atoms with van der Waals surface area (Å²) in [6, 6.07) is 8.76. The second-order valence-electron chi connectivity index (χ2n) is 6.86. The van der Waals surface area contributed by atoms with Gasteiger partial charge in [0, 0.05) is 50.9 Å². The van der Waals surface area contributed by atoms with Crippen molar-refractivity contribution in [2.75, 3.05) is 39.3 Å². The summed E-state index contributed by atoms with van der Waals surface area (Å²) in [4.78, 5) is 14.3. The van der Waals surface area contributed by atoms with Crippen molar-refractivity contribution in [2.24, 2.45) is 0 Å². The first-order chi connectivity index (χ1) is 13.5. The van der Waals surface area contributed by atoms with E-state index in [1.54, 1.807) is 23.1 Å². The van der Waals surface area contributed by atoms with E-state index in [1.807, 2.05) is 12.1 Å². The van der Waals surface area contributed by atoms with E-state index < -0.39 is 10.2 Å². The third kappa shape index (κ3) is 3.67. The van der Waals surface area contributed by atoms with Crippen LogP contribution in [0.4, 0.5) is 0 Å². The van der Waals surface area contributed by atoms with Crippen molar-refractivity contribution >= 4 is 27.7 Å². The lowest BCUT2D eigenvalue weighted by Crippen LogP contribution is -2.53. The number of carbonyl (C=O) groups is 1. The molecule has 1 amide bonds. The Morgan fingerprint density at radius 2 is 1.64 bits per heavy atom. The molecule has 0 saturated carbocycles. The van der Waals surface area contributed by atoms with Gasteiger partial charge in [-0.3, -0.25) is 4.79 Å². The number of amides is 1. The van der Waals surface area contributed by atoms with Gasteiger partial charge in [-0.15, -0.1) is 0 Å². The molecule has 2 aromatic rings. The smallest absolute Gasteiger partial charge is 0.292 e. The van der Waals surface area contributed by atoms with Crippen LogP contribution in [0, 0.1) is 0 Å². The van der Waals surface area contributed by atoms with E-state index in [0.717, 1.165) is 12.8 Å². The van der Waals surface area contributed by atoms with Gasteiger partial charge in [-0.25, -0.2) is 0 Å². The van der Waals surface area contributed by atoms with Gasteiger partial charge in [0.05, 0.1) is 5.02 Å². The molecule has 4 rings (SSSR count). The monoisotopic (exact) mass is 424 g/mol. The average molecular weight is 425 g/mol. The first-order valence-corrected chi connectivity index (χ1v) is 11.0. The van der Waals surface area contributed by atoms with Gasteiger partial charge in [0.2, 0.25) is 5.76 Å². The molecule has 1 aromatic carbocycles. The van der Waals surface area contributed by atoms with Crippen LogP contribution in [-0.4, -0.2) is 72.3 Å². The van der Waals surface area contributed by atoms with Crippen molar-refractivity contribution in [3.63, 3.8) is 0 Å². The Labute approximate surface area is 168 Å². The van der Waals surface area contributed by atoms with Crippen LogP contribution < -0.4 is 0 Å². The zero-order valence-corrected chi connectivity index (χ0v) is 16.8. The minimum Gasteiger partial charge on any atom is -0.350 e. The molecule has 28 heavy (non-hydrogen) atoms. The Kier molecular flexibility index (Phi) is 5.42. The van der Waals surface area contributed by atoms with Crippen LogP contribution in [0.25, 0.3) is 11.3 Å². The van der Waals surface area contributed by atoms with Crippen molar-refractivity contribution < 1.29 is 17.7 Å². The summed E-state index contributed by atoms with van der Waals surface area (Å²) in [5.74, 6) is -0.185. The highest BCUT2D eigenvalue weighted by Crippen LogP contribution is 2.27. The topological polar surface area (TPSA) is 87.0 Å². The van der Waals surface area contributed by atoms with E-state index >= 15 is 0 Å². The number of aromatic nitrogens is 1. The van der Waals surface area contributed by atoms with E-state index in [-0.39, 0.29) is 24.8 Å². The molecule has 0 radical (unpaired) electrons. The van der Waals surface area contributed by atoms with Crippen molar-refractivity contribution in [3.05, 3.63) is 41.1 Å². The van der Waals surface area contributed by atoms with Gasteiger partial charge in [-0.2, -0.15) is 17.0 Å². The van der Waals surface area contributed by atoms with Crippen LogP contribution >= 0.6 is 11.6 Å². The summed E-state index contributed by atoms with van der Waals surface area (Å²) in [5, 5.41) is 4.47. The second kappa shape index (κ2) is 7.82. The molecule has 1 aromatic heterocycles. The average Bonchev–Trinajstić information content (AvgIpc) is 3.40. The lowest BCUT2D eigenvalue weighted by Gasteiger charge is -2.35. The Morgan fingerprint density at radius 3 is 2.32 bits per heavy atom. The number of carbonyl (C=O) groups excluding carboxylic acids is 1. The standard InChI is InChI=1S/C18H21ClN4O4S/c19-15-6-2-1-5-14(15)16-13-17(27-20-16)18(24)21-9-11-23(12-10-21)28(25,26)22-7-3-4-8-22/h1-2,5-6,13H,3-4,7-12H2. The van der Waals surface area contributed by atoms with Crippen LogP contribution in [0.3, 0.4) is 0 Å². The van der Waals surface area contributed by atoms with Crippen LogP contribution in [0.15, 0.2) is 34.9 Å². The summed E-state index contributed by atoms with van der Waals surface area (Å²) >= 11 is 6.17. The van der Waals surface area contributed by atoms with Gasteiger partial charge < -0.3 is 9.42 Å². The van der Waals surface area contributed by atoms with Gasteiger partial charge in [0.25, 0.3) is 16.1 Å². The molecule has 2 aliphatic rings. The summed E-state index contributed by atoms with van der Waals surface area (Å²) in [5.41, 5.74) is 1.18. The maximum Gasteiger partial charge on any atom is 0.292 e. The molecule has 0 N–H and O–H groups in total. The second-order valence-corrected chi connectivity index (χ2v) is 9.20. The Morgan fingerprint density at radius 1 is 1.00 bits per heavy atom. The minimum atomic E-state index is -3.43. The number of piperazine rings is 1. The van der Waals surface area contributed by atoms with Gasteiger partial charge >= 0.3 is 0 Å². The fraction of sp³-hybridized carbons (Fsp3) is 0.444. The molecule has 2 saturated heterocycles. The fourth-order valence-corrected chi connectivity index (χ4v) is 5.44. The predicted octanol–water partition coefficient (Wildman–Crippen LogP) is 2.09. The lowest BCUT2D eigenvalue weighted by atomic mass is 10.1. The highest BCUT2D eigenvalue weighted by atomic mass is 35.5. The molecule has 2 fully saturated rings. The molecule has 150 valence electrons. The first kappa shape index (κ1) is 19.4. The summed E-state index contributed by atoms with van der Waals surface area (Å²) in [6.07, 6.45) is 1.80. The number of hydrogen-bond acceptors (Lipinski definition) is 5. The molecule has 0 unspecified atom stereocenters. The highest BCUT2D eigenvalue weighted by Gasteiger charge is 2.35. The normalized spacial score (nSPS) is 19.2. The van der Waals surface area contributed by atoms with Crippen LogP contribution in [0.5, 0.6) is 0 Å². The molecular weight excluding hydrogens is 404 g/mol. The zero-order valence-electron chi connectivity index (χ0n) is 15.3. The van der Waals surface area contributed by atoms with Crippen LogP contribution in [0.1, 0.15) is 23.4 Å². The van der Waals surface area contributed by atoms with Gasteiger partial charge in [-0.1, -0.05) is 35.0 Å². The van der Waals surface area contributed by atoms with Gasteiger partial charge in [-0.05, 0) is 18.9 Å². The van der Waals surface area contributed by atoms with E-state index in [1.165, 1.54) is 8.61 Å². The van der Waals surface area contributed by atoms with Crippen molar-refractivity contribution in [1.29, 1.82) is 0 Å². The molecule has 3 heterocycles. The number of rotatable bonds is 4. The van der Waals surface area contributed by atoms with Crippen molar-refractivity contribution in [3.8, 4) is 11.3 Å². The number of benzene rings is 1. The third-order valence-electron chi connectivity index (χ3n) is 5.11. The number of nitrogens with zero attached hydrogens (tertiary/aromatic N) is 4. The zero-order chi connectivity index (χ0) is 19.7. The van der Waals surface area contributed by atoms with Gasteiger partial charge in [0.1, 0.15) is 5.69 Å². The highest BCUT2D eigenvalue weighted by molar-refractivity contribution is 7.86. The van der Waals surface area contributed by atoms with Crippen LogP contribution in [-0.2, 0) is 10.2 Å². The molecule has 0 atom stereocenters. The Hall–Kier alpha value is -1.94. The minimum absolute atomic E-state index is 0.116. The number of hydrogen-bond donors (Lipinski definition) is 0. The third-order valence-corrected chi connectivity index (χ3v) is 7.48. The first-order valence-electron chi connectivity index (χ1n) is 9.23. The molecule has 0 aliphatic carbocycles. The summed E-state index contributed by atoms with van der Waals surface area (Å²) < 4.78 is 33.5. The van der Waals surface area contributed by atoms with Gasteiger partial charge in [0.15, 0.2) is 0 Å². The van der Waals surface area contributed by atoms with E-state index in [9.17, 15) is 13.2 Å². The fourth-order valence-electron chi connectivity index (χ4n) is 3.53. The predicted molar refractivity (Wildman–Crippen MR) is 104 cm³/mol. The molecule has 0 spiro atoms. The van der Waals surface area contributed by atoms with Crippen molar-refractivity contribution in [2.45, 2.75) is 12.8 Å². The van der Waals surface area contributed by atoms with Crippen molar-refractivity contribution in [1.82, 2.24) is 18.7 Å². The molecule has 8 nitrogen and oxygen atoms in total. The van der Waals surface area contributed by atoms with Crippen LogP contribution in [0.2, 0.25) is 5.02 Å². The molecule has 10 heteroatoms. The quantitative estimate of drug-likeness (QED) is 0.750. The maximum absolute atomic E-state index is 12.7. The summed E-state index contributed by atoms with van der Waals surface area (Å²) in [6.45, 7) is 2.32. The van der Waals surface area contributed by atoms with E-state index in [0.29, 0.717) is 42.5 Å². The van der Waals surface area contributed by atoms with E-state index in [2.05, 4.69) is 5.16 Å². The Balaban J connectivity index is 1.41. The largest absolute Gasteiger partial charge is 0.350 e.